The van der Waals surface area contributed by atoms with Crippen molar-refractivity contribution in [2.75, 3.05) is 29.0 Å². The van der Waals surface area contributed by atoms with Crippen molar-refractivity contribution in [1.29, 1.82) is 0 Å². The Hall–Kier alpha value is -1.23. The van der Waals surface area contributed by atoms with Crippen LogP contribution in [0.1, 0.15) is 39.5 Å². The summed E-state index contributed by atoms with van der Waals surface area (Å²) in [5.41, 5.74) is 1.74. The summed E-state index contributed by atoms with van der Waals surface area (Å²) in [6.45, 7) is 5.16. The van der Waals surface area contributed by atoms with Crippen molar-refractivity contribution in [3.63, 3.8) is 0 Å². The van der Waals surface area contributed by atoms with E-state index in [1.165, 1.54) is 6.42 Å². The smallest absolute Gasteiger partial charge is 0.232 e. The molecule has 1 aromatic rings. The van der Waals surface area contributed by atoms with Gasteiger partial charge in [0.15, 0.2) is 0 Å². The van der Waals surface area contributed by atoms with E-state index < -0.39 is 10.0 Å². The average molecular weight is 298 g/mol. The minimum atomic E-state index is -3.21. The molecule has 1 aromatic carbocycles. The van der Waals surface area contributed by atoms with Crippen molar-refractivity contribution in [2.45, 2.75) is 39.5 Å². The zero-order valence-electron chi connectivity index (χ0n) is 12.7. The molecule has 0 saturated heterocycles. The Bertz CT molecular complexity index is 483. The van der Waals surface area contributed by atoms with Crippen LogP contribution in [-0.2, 0) is 10.0 Å². The first kappa shape index (κ1) is 16.8. The van der Waals surface area contributed by atoms with E-state index in [-0.39, 0.29) is 5.75 Å². The van der Waals surface area contributed by atoms with Gasteiger partial charge in [0.1, 0.15) is 0 Å². The predicted molar refractivity (Wildman–Crippen MR) is 86.9 cm³/mol. The number of hydrogen-bond acceptors (Lipinski definition) is 3. The Morgan fingerprint density at radius 2 is 1.65 bits per heavy atom. The molecule has 0 radical (unpaired) electrons. The summed E-state index contributed by atoms with van der Waals surface area (Å²) >= 11 is 0. The van der Waals surface area contributed by atoms with Crippen molar-refractivity contribution >= 4 is 21.4 Å². The number of benzene rings is 1. The van der Waals surface area contributed by atoms with Crippen LogP contribution in [0.2, 0.25) is 0 Å². The summed E-state index contributed by atoms with van der Waals surface area (Å²) in [6, 6.07) is 7.54. The lowest BCUT2D eigenvalue weighted by Gasteiger charge is -2.19. The molecule has 0 spiro atoms. The summed E-state index contributed by atoms with van der Waals surface area (Å²) < 4.78 is 26.2. The Balaban J connectivity index is 2.62. The molecule has 1 N–H and O–H groups in total. The van der Waals surface area contributed by atoms with Gasteiger partial charge in [0.05, 0.1) is 5.75 Å². The number of nitrogens with zero attached hydrogens (tertiary/aromatic N) is 1. The molecule has 1 rings (SSSR count). The minimum Gasteiger partial charge on any atom is -0.375 e. The first-order valence-corrected chi connectivity index (χ1v) is 8.95. The van der Waals surface area contributed by atoms with E-state index in [0.29, 0.717) is 12.1 Å². The molecule has 0 aliphatic carbocycles. The number of rotatable bonds is 9. The van der Waals surface area contributed by atoms with Gasteiger partial charge in [0.2, 0.25) is 10.0 Å². The largest absolute Gasteiger partial charge is 0.375 e. The highest BCUT2D eigenvalue weighted by Gasteiger charge is 2.09. The molecule has 114 valence electrons. The van der Waals surface area contributed by atoms with E-state index in [1.54, 1.807) is 0 Å². The molecule has 4 nitrogen and oxygen atoms in total. The highest BCUT2D eigenvalue weighted by atomic mass is 32.2. The molecule has 0 unspecified atom stereocenters. The normalized spacial score (nSPS) is 11.3. The molecular formula is C15H26N2O2S. The number of nitrogens with one attached hydrogen (secondary N) is 1. The summed E-state index contributed by atoms with van der Waals surface area (Å²) in [5, 5.41) is 0. The number of unbranched alkanes of at least 4 members (excludes halogenated alkanes) is 2. The third-order valence-corrected chi connectivity index (χ3v) is 4.57. The topological polar surface area (TPSA) is 49.4 Å². The summed E-state index contributed by atoms with van der Waals surface area (Å²) in [5.74, 6) is 0.182. The highest BCUT2D eigenvalue weighted by Crippen LogP contribution is 2.18. The maximum absolute atomic E-state index is 11.8. The fraction of sp³-hybridized carbons (Fsp3) is 0.600. The van der Waals surface area contributed by atoms with Crippen LogP contribution in [0.15, 0.2) is 24.3 Å². The molecule has 0 aliphatic rings. The Morgan fingerprint density at radius 3 is 2.20 bits per heavy atom. The number of hydrogen-bond donors (Lipinski definition) is 1. The highest BCUT2D eigenvalue weighted by molar-refractivity contribution is 7.92. The first-order chi connectivity index (χ1) is 9.48. The third-order valence-electron chi connectivity index (χ3n) is 3.20. The molecule has 0 saturated carbocycles. The lowest BCUT2D eigenvalue weighted by Crippen LogP contribution is -2.19. The van der Waals surface area contributed by atoms with E-state index in [4.69, 9.17) is 0 Å². The van der Waals surface area contributed by atoms with E-state index in [0.717, 1.165) is 25.1 Å². The van der Waals surface area contributed by atoms with Crippen LogP contribution < -0.4 is 9.62 Å². The molecule has 0 aliphatic heterocycles. The van der Waals surface area contributed by atoms with Crippen LogP contribution >= 0.6 is 0 Å². The Morgan fingerprint density at radius 1 is 1.05 bits per heavy atom. The van der Waals surface area contributed by atoms with Crippen LogP contribution in [0.5, 0.6) is 0 Å². The van der Waals surface area contributed by atoms with Gasteiger partial charge in [-0.1, -0.05) is 26.7 Å². The van der Waals surface area contributed by atoms with Gasteiger partial charge in [-0.2, -0.15) is 0 Å². The molecule has 0 amide bonds. The zero-order chi connectivity index (χ0) is 15.0. The fourth-order valence-electron chi connectivity index (χ4n) is 1.87. The van der Waals surface area contributed by atoms with Crippen molar-refractivity contribution in [3.05, 3.63) is 24.3 Å². The van der Waals surface area contributed by atoms with Gasteiger partial charge in [-0.3, -0.25) is 4.72 Å². The van der Waals surface area contributed by atoms with Gasteiger partial charge in [0, 0.05) is 25.0 Å². The van der Waals surface area contributed by atoms with Crippen LogP contribution in [0.4, 0.5) is 11.4 Å². The monoisotopic (exact) mass is 298 g/mol. The molecular weight excluding hydrogens is 272 g/mol. The molecule has 0 fully saturated rings. The third kappa shape index (κ3) is 5.82. The van der Waals surface area contributed by atoms with E-state index in [2.05, 4.69) is 23.6 Å². The second-order valence-corrected chi connectivity index (χ2v) is 6.94. The van der Waals surface area contributed by atoms with E-state index >= 15 is 0 Å². The molecule has 0 heterocycles. The van der Waals surface area contributed by atoms with Crippen LogP contribution in [0, 0.1) is 0 Å². The van der Waals surface area contributed by atoms with Gasteiger partial charge in [-0.15, -0.1) is 0 Å². The maximum atomic E-state index is 11.8. The molecule has 0 aromatic heterocycles. The summed E-state index contributed by atoms with van der Waals surface area (Å²) in [6.07, 6.45) is 3.89. The maximum Gasteiger partial charge on any atom is 0.232 e. The van der Waals surface area contributed by atoms with Gasteiger partial charge in [-0.05, 0) is 37.1 Å². The second-order valence-electron chi connectivity index (χ2n) is 5.10. The molecule has 0 atom stereocenters. The van der Waals surface area contributed by atoms with Crippen molar-refractivity contribution in [3.8, 4) is 0 Å². The van der Waals surface area contributed by atoms with Gasteiger partial charge in [-0.25, -0.2) is 8.42 Å². The molecule has 20 heavy (non-hydrogen) atoms. The first-order valence-electron chi connectivity index (χ1n) is 7.30. The number of anilines is 2. The van der Waals surface area contributed by atoms with Gasteiger partial charge < -0.3 is 4.90 Å². The van der Waals surface area contributed by atoms with Gasteiger partial charge >= 0.3 is 0 Å². The lowest BCUT2D eigenvalue weighted by atomic mass is 10.2. The van der Waals surface area contributed by atoms with E-state index in [9.17, 15) is 8.42 Å². The SMILES string of the molecule is CCCCN(C)c1ccc(NS(=O)(=O)CCCC)cc1. The van der Waals surface area contributed by atoms with Crippen molar-refractivity contribution < 1.29 is 8.42 Å². The van der Waals surface area contributed by atoms with Gasteiger partial charge in [0.25, 0.3) is 0 Å². The van der Waals surface area contributed by atoms with Crippen molar-refractivity contribution in [1.82, 2.24) is 0 Å². The standard InChI is InChI=1S/C15H26N2O2S/c1-4-6-12-17(3)15-10-8-14(9-11-15)16-20(18,19)13-7-5-2/h8-11,16H,4-7,12-13H2,1-3H3. The minimum absolute atomic E-state index is 0.182. The van der Waals surface area contributed by atoms with Crippen LogP contribution in [0.25, 0.3) is 0 Å². The van der Waals surface area contributed by atoms with Crippen molar-refractivity contribution in [2.24, 2.45) is 0 Å². The summed E-state index contributed by atoms with van der Waals surface area (Å²) in [4.78, 5) is 2.18. The Labute approximate surface area is 123 Å². The predicted octanol–water partition coefficient (Wildman–Crippen LogP) is 3.46. The van der Waals surface area contributed by atoms with E-state index in [1.807, 2.05) is 31.2 Å². The zero-order valence-corrected chi connectivity index (χ0v) is 13.5. The second kappa shape index (κ2) is 8.15. The fourth-order valence-corrected chi connectivity index (χ4v) is 3.14. The van der Waals surface area contributed by atoms with Crippen LogP contribution in [-0.4, -0.2) is 27.8 Å². The van der Waals surface area contributed by atoms with Crippen LogP contribution in [0.3, 0.4) is 0 Å². The Kier molecular flexibility index (Phi) is 6.85. The average Bonchev–Trinajstić information content (AvgIpc) is 2.43. The lowest BCUT2D eigenvalue weighted by molar-refractivity contribution is 0.598. The summed E-state index contributed by atoms with van der Waals surface area (Å²) in [7, 11) is -1.16. The molecule has 5 heteroatoms. The quantitative estimate of drug-likeness (QED) is 0.759. The molecule has 0 bridgehead atoms. The number of sulfonamides is 1.